The van der Waals surface area contributed by atoms with E-state index < -0.39 is 0 Å². The number of benzene rings is 1. The van der Waals surface area contributed by atoms with Crippen LogP contribution in [-0.4, -0.2) is 23.1 Å². The van der Waals surface area contributed by atoms with Crippen molar-refractivity contribution in [3.8, 4) is 0 Å². The van der Waals surface area contributed by atoms with Gasteiger partial charge in [0.1, 0.15) is 0 Å². The molecule has 1 heterocycles. The number of fused-ring (bicyclic) bond motifs is 1. The Balaban J connectivity index is 0.00000180. The second-order valence-corrected chi connectivity index (χ2v) is 4.09. The van der Waals surface area contributed by atoms with E-state index in [1.165, 1.54) is 0 Å². The summed E-state index contributed by atoms with van der Waals surface area (Å²) in [5.74, 6) is -0.200. The van der Waals surface area contributed by atoms with E-state index in [9.17, 15) is 4.79 Å². The van der Waals surface area contributed by atoms with E-state index in [2.05, 4.69) is 21.2 Å². The maximum Gasteiger partial charge on any atom is 0.297 e. The quantitative estimate of drug-likeness (QED) is 0.495. The van der Waals surface area contributed by atoms with Crippen LogP contribution < -0.4 is 23.6 Å². The van der Waals surface area contributed by atoms with Crippen LogP contribution in [0.5, 0.6) is 0 Å². The Kier molecular flexibility index (Phi) is 7.76. The molecule has 0 spiro atoms. The van der Waals surface area contributed by atoms with Crippen LogP contribution >= 0.6 is 12.4 Å². The molecule has 0 bridgehead atoms. The minimum absolute atomic E-state index is 0. The lowest BCUT2D eigenvalue weighted by Crippen LogP contribution is -3.00. The number of halogens is 2. The van der Waals surface area contributed by atoms with Crippen LogP contribution in [0.4, 0.5) is 0 Å². The number of nitrogens with one attached hydrogen (secondary N) is 1. The molecule has 5 nitrogen and oxygen atoms in total. The largest absolute Gasteiger partial charge is 1.00 e. The van der Waals surface area contributed by atoms with Gasteiger partial charge in [0.2, 0.25) is 0 Å². The number of pyridine rings is 1. The Bertz CT molecular complexity index is 602. The van der Waals surface area contributed by atoms with Crippen LogP contribution in [0.3, 0.4) is 0 Å². The number of hydrazone groups is 1. The van der Waals surface area contributed by atoms with Crippen molar-refractivity contribution >= 4 is 35.4 Å². The van der Waals surface area contributed by atoms with E-state index in [1.54, 1.807) is 19.3 Å². The fraction of sp³-hybridized carbons (Fsp3) is 0.154. The number of hydrogen-bond acceptors (Lipinski definition) is 3. The Morgan fingerprint density at radius 3 is 2.90 bits per heavy atom. The van der Waals surface area contributed by atoms with Crippen molar-refractivity contribution in [2.24, 2.45) is 5.10 Å². The summed E-state index contributed by atoms with van der Waals surface area (Å²) in [5, 5.41) is 4.92. The van der Waals surface area contributed by atoms with Crippen LogP contribution in [-0.2, 0) is 4.79 Å². The third-order valence-corrected chi connectivity index (χ3v) is 2.46. The number of carbonyl (C=O) groups excluding carboxylic acids is 1. The van der Waals surface area contributed by atoms with Gasteiger partial charge in [0.15, 0.2) is 6.04 Å². The molecule has 0 radical (unpaired) electrons. The summed E-state index contributed by atoms with van der Waals surface area (Å²) in [6.45, 7) is 1.71. The first-order chi connectivity index (χ1) is 8.66. The monoisotopic (exact) mass is 314 g/mol. The highest BCUT2D eigenvalue weighted by atomic mass is 35.5. The molecule has 1 atom stereocenters. The fourth-order valence-corrected chi connectivity index (χ4v) is 1.46. The number of aromatic nitrogens is 1. The molecule has 1 amide bonds. The number of nitrogens with zero attached hydrogens (tertiary/aromatic N) is 2. The van der Waals surface area contributed by atoms with Crippen molar-refractivity contribution in [3.05, 3.63) is 42.1 Å². The topological polar surface area (TPSA) is 82.0 Å². The maximum absolute atomic E-state index is 11.2. The van der Waals surface area contributed by atoms with Crippen molar-refractivity contribution in [2.75, 3.05) is 0 Å². The predicted octanol–water partition coefficient (Wildman–Crippen LogP) is -2.26. The Hall–Kier alpha value is -1.69. The van der Waals surface area contributed by atoms with Crippen LogP contribution in [0.15, 0.2) is 41.6 Å². The number of quaternary nitrogens is 1. The Labute approximate surface area is 129 Å². The van der Waals surface area contributed by atoms with Crippen molar-refractivity contribution in [1.82, 2.24) is 10.4 Å². The van der Waals surface area contributed by atoms with E-state index in [0.29, 0.717) is 0 Å². The third kappa shape index (κ3) is 4.77. The zero-order valence-corrected chi connectivity index (χ0v) is 12.5. The molecule has 0 fully saturated rings. The molecule has 0 aliphatic rings. The molecule has 2 rings (SSSR count). The van der Waals surface area contributed by atoms with Crippen molar-refractivity contribution in [2.45, 2.75) is 13.0 Å². The molecule has 108 valence electrons. The summed E-state index contributed by atoms with van der Waals surface area (Å²) >= 11 is 0. The average molecular weight is 315 g/mol. The molecule has 0 aliphatic heterocycles. The molecule has 0 unspecified atom stereocenters. The van der Waals surface area contributed by atoms with Gasteiger partial charge in [0.05, 0.1) is 11.7 Å². The molecule has 20 heavy (non-hydrogen) atoms. The van der Waals surface area contributed by atoms with E-state index in [-0.39, 0.29) is 36.8 Å². The highest BCUT2D eigenvalue weighted by molar-refractivity contribution is 5.89. The minimum atomic E-state index is -0.317. The molecule has 2 aromatic rings. The van der Waals surface area contributed by atoms with Crippen molar-refractivity contribution in [3.63, 3.8) is 0 Å². The minimum Gasteiger partial charge on any atom is -1.00 e. The summed E-state index contributed by atoms with van der Waals surface area (Å²) in [4.78, 5) is 15.5. The lowest BCUT2D eigenvalue weighted by atomic mass is 10.1. The van der Waals surface area contributed by atoms with E-state index in [0.717, 1.165) is 16.5 Å². The van der Waals surface area contributed by atoms with Gasteiger partial charge in [-0.3, -0.25) is 9.78 Å². The number of amides is 1. The molecule has 1 aromatic carbocycles. The van der Waals surface area contributed by atoms with Gasteiger partial charge in [-0.1, -0.05) is 12.1 Å². The molecule has 0 aliphatic carbocycles. The predicted molar refractivity (Wildman–Crippen MR) is 77.1 cm³/mol. The molecule has 1 aromatic heterocycles. The van der Waals surface area contributed by atoms with Crippen LogP contribution in [0, 0.1) is 0 Å². The standard InChI is InChI=1S/C13H14N4O.2ClH/c1-9(14)13(18)17-16-8-10-4-5-12-11(7-10)3-2-6-15-12;;/h2-9H,14H2,1H3,(H,17,18);2*1H/t9-;;/m0../s1. The van der Waals surface area contributed by atoms with Gasteiger partial charge >= 0.3 is 0 Å². The SMILES string of the molecule is C[C@H]([NH3+])C(=O)NN=Cc1ccc2ncccc2c1.Cl.[Cl-]. The smallest absolute Gasteiger partial charge is 0.297 e. The van der Waals surface area contributed by atoms with Crippen molar-refractivity contribution < 1.29 is 22.9 Å². The summed E-state index contributed by atoms with van der Waals surface area (Å²) in [6, 6.07) is 9.33. The number of hydrogen-bond donors (Lipinski definition) is 2. The second-order valence-electron chi connectivity index (χ2n) is 4.09. The molecular weight excluding hydrogens is 299 g/mol. The van der Waals surface area contributed by atoms with Gasteiger partial charge < -0.3 is 18.1 Å². The van der Waals surface area contributed by atoms with E-state index in [1.807, 2.05) is 30.3 Å². The highest BCUT2D eigenvalue weighted by Gasteiger charge is 2.07. The Morgan fingerprint density at radius 2 is 2.20 bits per heavy atom. The van der Waals surface area contributed by atoms with Gasteiger partial charge in [-0.25, -0.2) is 5.43 Å². The van der Waals surface area contributed by atoms with Crippen LogP contribution in [0.25, 0.3) is 10.9 Å². The van der Waals surface area contributed by atoms with Gasteiger partial charge in [-0.2, -0.15) is 5.10 Å². The van der Waals surface area contributed by atoms with Crippen molar-refractivity contribution in [1.29, 1.82) is 0 Å². The van der Waals surface area contributed by atoms with Gasteiger partial charge in [-0.05, 0) is 30.7 Å². The lowest BCUT2D eigenvalue weighted by Gasteiger charge is -2.00. The zero-order valence-electron chi connectivity index (χ0n) is 10.9. The average Bonchev–Trinajstić information content (AvgIpc) is 2.38. The molecule has 0 saturated carbocycles. The molecular formula is C13H16Cl2N4O. The summed E-state index contributed by atoms with van der Waals surface area (Å²) in [6.07, 6.45) is 3.36. The first-order valence-electron chi connectivity index (χ1n) is 5.67. The fourth-order valence-electron chi connectivity index (χ4n) is 1.46. The third-order valence-electron chi connectivity index (χ3n) is 2.46. The zero-order chi connectivity index (χ0) is 13.0. The first-order valence-corrected chi connectivity index (χ1v) is 5.67. The van der Waals surface area contributed by atoms with E-state index >= 15 is 0 Å². The first kappa shape index (κ1) is 18.3. The summed E-state index contributed by atoms with van der Waals surface area (Å²) < 4.78 is 0. The normalized spacial score (nSPS) is 11.5. The second kappa shape index (κ2) is 8.47. The molecule has 4 N–H and O–H groups in total. The lowest BCUT2D eigenvalue weighted by molar-refractivity contribution is -0.398. The van der Waals surface area contributed by atoms with Crippen LogP contribution in [0.2, 0.25) is 0 Å². The van der Waals surface area contributed by atoms with Crippen LogP contribution in [0.1, 0.15) is 12.5 Å². The Morgan fingerprint density at radius 1 is 1.45 bits per heavy atom. The van der Waals surface area contributed by atoms with Gasteiger partial charge in [0.25, 0.3) is 5.91 Å². The number of rotatable bonds is 3. The highest BCUT2D eigenvalue weighted by Crippen LogP contribution is 2.11. The maximum atomic E-state index is 11.2. The van der Waals surface area contributed by atoms with Gasteiger partial charge in [-0.15, -0.1) is 12.4 Å². The van der Waals surface area contributed by atoms with E-state index in [4.69, 9.17) is 0 Å². The number of carbonyl (C=O) groups is 1. The summed E-state index contributed by atoms with van der Waals surface area (Å²) in [5.41, 5.74) is 7.89. The van der Waals surface area contributed by atoms with Gasteiger partial charge in [0, 0.05) is 11.6 Å². The molecule has 0 saturated heterocycles. The summed E-state index contributed by atoms with van der Waals surface area (Å²) in [7, 11) is 0. The molecule has 7 heteroatoms.